The Labute approximate surface area is 120 Å². The third-order valence-corrected chi connectivity index (χ3v) is 3.36. The van der Waals surface area contributed by atoms with Gasteiger partial charge in [-0.2, -0.15) is 0 Å². The Hall–Kier alpha value is -0.970. The topological polar surface area (TPSA) is 30.5 Å². The maximum atomic E-state index is 13.0. The highest BCUT2D eigenvalue weighted by molar-refractivity contribution is 5.19. The van der Waals surface area contributed by atoms with E-state index in [-0.39, 0.29) is 18.0 Å². The van der Waals surface area contributed by atoms with Crippen LogP contribution in [-0.4, -0.2) is 31.9 Å². The number of rotatable bonds is 9. The summed E-state index contributed by atoms with van der Waals surface area (Å²) in [5, 5.41) is 3.47. The van der Waals surface area contributed by atoms with Crippen LogP contribution in [-0.2, 0) is 9.47 Å². The van der Waals surface area contributed by atoms with Crippen molar-refractivity contribution < 1.29 is 13.9 Å². The van der Waals surface area contributed by atoms with Gasteiger partial charge in [0.25, 0.3) is 0 Å². The van der Waals surface area contributed by atoms with Gasteiger partial charge < -0.3 is 14.8 Å². The zero-order chi connectivity index (χ0) is 14.4. The number of hydrogen-bond donors (Lipinski definition) is 1. The van der Waals surface area contributed by atoms with E-state index in [1.165, 1.54) is 25.0 Å². The fourth-order valence-corrected chi connectivity index (χ4v) is 2.09. The highest BCUT2D eigenvalue weighted by Gasteiger charge is 2.23. The standard InChI is InChI=1S/C16H24FNO2/c1-3-19-11-12(2)20-16(10-18-15-8-9-15)13-4-6-14(17)7-5-13/h4-7,12,15-16,18H,3,8-11H2,1-2H3. The number of nitrogens with one attached hydrogen (secondary N) is 1. The van der Waals surface area contributed by atoms with Gasteiger partial charge in [0.15, 0.2) is 0 Å². The maximum absolute atomic E-state index is 13.0. The Balaban J connectivity index is 1.93. The Morgan fingerprint density at radius 2 is 2.00 bits per heavy atom. The predicted molar refractivity (Wildman–Crippen MR) is 77.2 cm³/mol. The minimum absolute atomic E-state index is 0.0195. The van der Waals surface area contributed by atoms with E-state index in [2.05, 4.69) is 5.32 Å². The lowest BCUT2D eigenvalue weighted by atomic mass is 10.1. The fraction of sp³-hybridized carbons (Fsp3) is 0.625. The summed E-state index contributed by atoms with van der Waals surface area (Å²) in [4.78, 5) is 0. The van der Waals surface area contributed by atoms with Crippen molar-refractivity contribution in [3.05, 3.63) is 35.6 Å². The van der Waals surface area contributed by atoms with Crippen LogP contribution in [0.2, 0.25) is 0 Å². The van der Waals surface area contributed by atoms with Crippen molar-refractivity contribution in [2.24, 2.45) is 0 Å². The summed E-state index contributed by atoms with van der Waals surface area (Å²) in [5.41, 5.74) is 1.00. The molecule has 2 unspecified atom stereocenters. The number of hydrogen-bond acceptors (Lipinski definition) is 3. The predicted octanol–water partition coefficient (Wildman–Crippen LogP) is 3.06. The van der Waals surface area contributed by atoms with Gasteiger partial charge >= 0.3 is 0 Å². The van der Waals surface area contributed by atoms with Crippen LogP contribution < -0.4 is 5.32 Å². The lowest BCUT2D eigenvalue weighted by molar-refractivity contribution is -0.0471. The van der Waals surface area contributed by atoms with E-state index >= 15 is 0 Å². The highest BCUT2D eigenvalue weighted by Crippen LogP contribution is 2.23. The summed E-state index contributed by atoms with van der Waals surface area (Å²) >= 11 is 0. The second-order valence-electron chi connectivity index (χ2n) is 5.33. The molecule has 1 saturated carbocycles. The van der Waals surface area contributed by atoms with Gasteiger partial charge in [-0.05, 0) is 44.4 Å². The zero-order valence-corrected chi connectivity index (χ0v) is 12.3. The van der Waals surface area contributed by atoms with Crippen molar-refractivity contribution in [3.8, 4) is 0 Å². The number of benzene rings is 1. The van der Waals surface area contributed by atoms with E-state index in [0.29, 0.717) is 19.3 Å². The average Bonchev–Trinajstić information content (AvgIpc) is 3.26. The SMILES string of the molecule is CCOCC(C)OC(CNC1CC1)c1ccc(F)cc1. The van der Waals surface area contributed by atoms with E-state index in [4.69, 9.17) is 9.47 Å². The van der Waals surface area contributed by atoms with Crippen LogP contribution in [0.25, 0.3) is 0 Å². The molecule has 1 aliphatic carbocycles. The van der Waals surface area contributed by atoms with E-state index < -0.39 is 0 Å². The molecule has 0 radical (unpaired) electrons. The van der Waals surface area contributed by atoms with Crippen LogP contribution in [0, 0.1) is 5.82 Å². The highest BCUT2D eigenvalue weighted by atomic mass is 19.1. The maximum Gasteiger partial charge on any atom is 0.123 e. The fourth-order valence-electron chi connectivity index (χ4n) is 2.09. The second kappa shape index (κ2) is 7.72. The van der Waals surface area contributed by atoms with Crippen LogP contribution >= 0.6 is 0 Å². The van der Waals surface area contributed by atoms with E-state index in [9.17, 15) is 4.39 Å². The van der Waals surface area contributed by atoms with Gasteiger partial charge in [-0.25, -0.2) is 4.39 Å². The van der Waals surface area contributed by atoms with Crippen LogP contribution in [0.3, 0.4) is 0 Å². The minimum atomic E-state index is -0.218. The molecule has 2 atom stereocenters. The quantitative estimate of drug-likeness (QED) is 0.754. The first-order valence-corrected chi connectivity index (χ1v) is 7.41. The van der Waals surface area contributed by atoms with Gasteiger partial charge in [0.05, 0.1) is 18.8 Å². The number of ether oxygens (including phenoxy) is 2. The summed E-state index contributed by atoms with van der Waals surface area (Å²) in [6.07, 6.45) is 2.44. The lowest BCUT2D eigenvalue weighted by Gasteiger charge is -2.23. The Kier molecular flexibility index (Phi) is 5.95. The minimum Gasteiger partial charge on any atom is -0.379 e. The Morgan fingerprint density at radius 3 is 2.60 bits per heavy atom. The van der Waals surface area contributed by atoms with Crippen LogP contribution in [0.15, 0.2) is 24.3 Å². The van der Waals surface area contributed by atoms with Gasteiger partial charge in [-0.15, -0.1) is 0 Å². The smallest absolute Gasteiger partial charge is 0.123 e. The zero-order valence-electron chi connectivity index (χ0n) is 12.3. The monoisotopic (exact) mass is 281 g/mol. The molecule has 4 heteroatoms. The number of halogens is 1. The van der Waals surface area contributed by atoms with Crippen molar-refractivity contribution in [2.45, 2.75) is 44.9 Å². The molecule has 112 valence electrons. The molecule has 20 heavy (non-hydrogen) atoms. The molecule has 3 nitrogen and oxygen atoms in total. The normalized spacial score (nSPS) is 17.9. The molecule has 1 aromatic rings. The molecule has 1 aromatic carbocycles. The van der Waals surface area contributed by atoms with Crippen LogP contribution in [0.1, 0.15) is 38.4 Å². The van der Waals surface area contributed by atoms with Gasteiger partial charge in [0.2, 0.25) is 0 Å². The van der Waals surface area contributed by atoms with Crippen molar-refractivity contribution in [2.75, 3.05) is 19.8 Å². The molecule has 1 fully saturated rings. The first-order chi connectivity index (χ1) is 9.69. The molecule has 0 bridgehead atoms. The molecule has 0 aliphatic heterocycles. The van der Waals surface area contributed by atoms with Gasteiger partial charge in [0.1, 0.15) is 5.82 Å². The summed E-state index contributed by atoms with van der Waals surface area (Å²) in [7, 11) is 0. The molecule has 0 saturated heterocycles. The molecule has 1 aliphatic rings. The molecule has 0 heterocycles. The second-order valence-corrected chi connectivity index (χ2v) is 5.33. The summed E-state index contributed by atoms with van der Waals surface area (Å²) in [6.45, 7) is 6.00. The van der Waals surface area contributed by atoms with Crippen molar-refractivity contribution in [1.29, 1.82) is 0 Å². The van der Waals surface area contributed by atoms with Gasteiger partial charge in [0, 0.05) is 19.2 Å². The van der Waals surface area contributed by atoms with Crippen molar-refractivity contribution in [3.63, 3.8) is 0 Å². The molecular weight excluding hydrogens is 257 g/mol. The van der Waals surface area contributed by atoms with Gasteiger partial charge in [-0.1, -0.05) is 12.1 Å². The van der Waals surface area contributed by atoms with Crippen molar-refractivity contribution in [1.82, 2.24) is 5.32 Å². The Bertz CT molecular complexity index is 392. The average molecular weight is 281 g/mol. The van der Waals surface area contributed by atoms with Crippen LogP contribution in [0.5, 0.6) is 0 Å². The first kappa shape index (κ1) is 15.4. The van der Waals surface area contributed by atoms with E-state index in [0.717, 1.165) is 12.1 Å². The molecule has 1 N–H and O–H groups in total. The Morgan fingerprint density at radius 1 is 1.30 bits per heavy atom. The molecule has 0 amide bonds. The third kappa shape index (κ3) is 5.19. The third-order valence-electron chi connectivity index (χ3n) is 3.36. The van der Waals surface area contributed by atoms with Crippen LogP contribution in [0.4, 0.5) is 4.39 Å². The summed E-state index contributed by atoms with van der Waals surface area (Å²) < 4.78 is 24.5. The van der Waals surface area contributed by atoms with Gasteiger partial charge in [-0.3, -0.25) is 0 Å². The van der Waals surface area contributed by atoms with E-state index in [1.54, 1.807) is 12.1 Å². The first-order valence-electron chi connectivity index (χ1n) is 7.41. The summed E-state index contributed by atoms with van der Waals surface area (Å²) in [5.74, 6) is -0.218. The molecular formula is C16H24FNO2. The lowest BCUT2D eigenvalue weighted by Crippen LogP contribution is -2.29. The largest absolute Gasteiger partial charge is 0.379 e. The molecule has 0 aromatic heterocycles. The van der Waals surface area contributed by atoms with E-state index in [1.807, 2.05) is 13.8 Å². The van der Waals surface area contributed by atoms with Crippen molar-refractivity contribution >= 4 is 0 Å². The molecule has 2 rings (SSSR count). The molecule has 0 spiro atoms. The summed E-state index contributed by atoms with van der Waals surface area (Å²) in [6, 6.07) is 7.18.